The van der Waals surface area contributed by atoms with Crippen LogP contribution < -0.4 is 19.5 Å². The number of amides is 1. The average molecular weight is 455 g/mol. The number of fused-ring (bicyclic) bond motifs is 1. The first kappa shape index (κ1) is 19.8. The Morgan fingerprint density at radius 3 is 2.74 bits per heavy atom. The molecule has 2 aromatic rings. The molecule has 0 radical (unpaired) electrons. The van der Waals surface area contributed by atoms with Crippen LogP contribution in [0, 0.1) is 13.8 Å². The van der Waals surface area contributed by atoms with E-state index in [9.17, 15) is 4.79 Å². The van der Waals surface area contributed by atoms with Crippen molar-refractivity contribution in [3.63, 3.8) is 0 Å². The van der Waals surface area contributed by atoms with E-state index in [0.717, 1.165) is 26.4 Å². The number of rotatable bonds is 6. The molecule has 0 saturated carbocycles. The molecule has 0 aromatic heterocycles. The maximum absolute atomic E-state index is 12.1. The van der Waals surface area contributed by atoms with Crippen LogP contribution in [0.3, 0.4) is 0 Å². The summed E-state index contributed by atoms with van der Waals surface area (Å²) in [5, 5.41) is 3.60. The molecule has 5 nitrogen and oxygen atoms in total. The molecule has 2 aromatic carbocycles. The van der Waals surface area contributed by atoms with E-state index < -0.39 is 0 Å². The van der Waals surface area contributed by atoms with Gasteiger partial charge in [-0.15, -0.1) is 0 Å². The molecule has 0 fully saturated rings. The van der Waals surface area contributed by atoms with E-state index in [-0.39, 0.29) is 5.91 Å². The van der Waals surface area contributed by atoms with Gasteiger partial charge in [-0.1, -0.05) is 11.6 Å². The SMILES string of the molecule is Cc1cc(OCCCC(=O)Nc2ccc3c(c2)OCCO3)c(Br)c(C)c1Cl. The molecule has 0 spiro atoms. The number of carbonyl (C=O) groups is 1. The minimum atomic E-state index is -0.0715. The van der Waals surface area contributed by atoms with Gasteiger partial charge in [-0.3, -0.25) is 4.79 Å². The lowest BCUT2D eigenvalue weighted by molar-refractivity contribution is -0.116. The second-order valence-electron chi connectivity index (χ2n) is 6.30. The Hall–Kier alpha value is -1.92. The van der Waals surface area contributed by atoms with E-state index in [1.807, 2.05) is 19.9 Å². The maximum Gasteiger partial charge on any atom is 0.224 e. The minimum Gasteiger partial charge on any atom is -0.492 e. The number of anilines is 1. The third-order valence-corrected chi connectivity index (χ3v) is 5.77. The predicted molar refractivity (Wildman–Crippen MR) is 109 cm³/mol. The average Bonchev–Trinajstić information content (AvgIpc) is 2.67. The van der Waals surface area contributed by atoms with Gasteiger partial charge in [0.15, 0.2) is 11.5 Å². The summed E-state index contributed by atoms with van der Waals surface area (Å²) in [5.74, 6) is 2.02. The summed E-state index contributed by atoms with van der Waals surface area (Å²) in [6.45, 7) is 5.37. The van der Waals surface area contributed by atoms with Crippen LogP contribution >= 0.6 is 27.5 Å². The third-order valence-electron chi connectivity index (χ3n) is 4.20. The monoisotopic (exact) mass is 453 g/mol. The van der Waals surface area contributed by atoms with Gasteiger partial charge in [-0.05, 0) is 65.5 Å². The highest BCUT2D eigenvalue weighted by Gasteiger charge is 2.13. The van der Waals surface area contributed by atoms with Crippen molar-refractivity contribution in [2.24, 2.45) is 0 Å². The van der Waals surface area contributed by atoms with Gasteiger partial charge in [0.2, 0.25) is 5.91 Å². The van der Waals surface area contributed by atoms with Crippen molar-refractivity contribution in [2.75, 3.05) is 25.1 Å². The Bertz CT molecular complexity index is 856. The fraction of sp³-hybridized carbons (Fsp3) is 0.350. The first-order chi connectivity index (χ1) is 13.0. The van der Waals surface area contributed by atoms with Crippen molar-refractivity contribution in [3.05, 3.63) is 44.9 Å². The number of ether oxygens (including phenoxy) is 3. The lowest BCUT2D eigenvalue weighted by atomic mass is 10.1. The summed E-state index contributed by atoms with van der Waals surface area (Å²) >= 11 is 9.73. The van der Waals surface area contributed by atoms with E-state index in [4.69, 9.17) is 25.8 Å². The summed E-state index contributed by atoms with van der Waals surface area (Å²) in [5.41, 5.74) is 2.60. The van der Waals surface area contributed by atoms with Crippen LogP contribution in [0.2, 0.25) is 5.02 Å². The number of benzene rings is 2. The maximum atomic E-state index is 12.1. The Kier molecular flexibility index (Phi) is 6.50. The summed E-state index contributed by atoms with van der Waals surface area (Å²) < 4.78 is 17.6. The summed E-state index contributed by atoms with van der Waals surface area (Å²) in [7, 11) is 0. The van der Waals surface area contributed by atoms with Gasteiger partial charge in [-0.25, -0.2) is 0 Å². The molecule has 0 atom stereocenters. The van der Waals surface area contributed by atoms with Crippen LogP contribution in [0.1, 0.15) is 24.0 Å². The smallest absolute Gasteiger partial charge is 0.224 e. The van der Waals surface area contributed by atoms with Crippen molar-refractivity contribution in [2.45, 2.75) is 26.7 Å². The van der Waals surface area contributed by atoms with E-state index in [2.05, 4.69) is 21.2 Å². The molecule has 0 saturated heterocycles. The molecule has 27 heavy (non-hydrogen) atoms. The lowest BCUT2D eigenvalue weighted by Crippen LogP contribution is -2.16. The normalized spacial score (nSPS) is 12.6. The number of carbonyl (C=O) groups excluding carboxylic acids is 1. The quantitative estimate of drug-likeness (QED) is 0.603. The molecule has 3 rings (SSSR count). The highest BCUT2D eigenvalue weighted by Crippen LogP contribution is 2.36. The lowest BCUT2D eigenvalue weighted by Gasteiger charge is -2.19. The first-order valence-corrected chi connectivity index (χ1v) is 9.90. The van der Waals surface area contributed by atoms with Crippen LogP contribution in [-0.4, -0.2) is 25.7 Å². The summed E-state index contributed by atoms with van der Waals surface area (Å²) in [6.07, 6.45) is 0.959. The van der Waals surface area contributed by atoms with Gasteiger partial charge in [0, 0.05) is 23.2 Å². The van der Waals surface area contributed by atoms with Gasteiger partial charge >= 0.3 is 0 Å². The molecule has 1 amide bonds. The molecule has 1 heterocycles. The van der Waals surface area contributed by atoms with Gasteiger partial charge in [0.1, 0.15) is 19.0 Å². The number of aryl methyl sites for hydroxylation is 1. The molecular formula is C20H21BrClNO4. The zero-order valence-electron chi connectivity index (χ0n) is 15.2. The zero-order chi connectivity index (χ0) is 19.4. The number of hydrogen-bond donors (Lipinski definition) is 1. The highest BCUT2D eigenvalue weighted by atomic mass is 79.9. The van der Waals surface area contributed by atoms with Gasteiger partial charge in [0.05, 0.1) is 11.1 Å². The summed E-state index contributed by atoms with van der Waals surface area (Å²) in [4.78, 5) is 12.1. The molecule has 0 bridgehead atoms. The summed E-state index contributed by atoms with van der Waals surface area (Å²) in [6, 6.07) is 7.28. The van der Waals surface area contributed by atoms with Gasteiger partial charge < -0.3 is 19.5 Å². The van der Waals surface area contributed by atoms with Crippen molar-refractivity contribution >= 4 is 39.1 Å². The predicted octanol–water partition coefficient (Wildman–Crippen LogP) is 5.29. The zero-order valence-corrected chi connectivity index (χ0v) is 17.6. The van der Waals surface area contributed by atoms with Crippen LogP contribution in [0.15, 0.2) is 28.7 Å². The van der Waals surface area contributed by atoms with Crippen molar-refractivity contribution in [3.8, 4) is 17.2 Å². The molecule has 7 heteroatoms. The standard InChI is InChI=1S/C20H21BrClNO4/c1-12-10-17(19(21)13(2)20(12)22)25-7-3-4-18(24)23-14-5-6-15-16(11-14)27-9-8-26-15/h5-6,10-11H,3-4,7-9H2,1-2H3,(H,23,24). The fourth-order valence-electron chi connectivity index (χ4n) is 2.76. The Labute approximate surface area is 172 Å². The first-order valence-electron chi connectivity index (χ1n) is 8.73. The third kappa shape index (κ3) is 4.87. The second kappa shape index (κ2) is 8.85. The topological polar surface area (TPSA) is 56.8 Å². The largest absolute Gasteiger partial charge is 0.492 e. The van der Waals surface area contributed by atoms with Gasteiger partial charge in [-0.2, -0.15) is 0 Å². The van der Waals surface area contributed by atoms with E-state index in [0.29, 0.717) is 49.8 Å². The molecule has 1 aliphatic heterocycles. The molecule has 1 aliphatic rings. The molecule has 0 unspecified atom stereocenters. The van der Waals surface area contributed by atoms with E-state index in [1.165, 1.54) is 0 Å². The van der Waals surface area contributed by atoms with E-state index >= 15 is 0 Å². The Balaban J connectivity index is 1.48. The number of halogens is 2. The van der Waals surface area contributed by atoms with Crippen molar-refractivity contribution in [1.82, 2.24) is 0 Å². The van der Waals surface area contributed by atoms with E-state index in [1.54, 1.807) is 18.2 Å². The highest BCUT2D eigenvalue weighted by molar-refractivity contribution is 9.10. The fourth-order valence-corrected chi connectivity index (χ4v) is 3.46. The van der Waals surface area contributed by atoms with Crippen molar-refractivity contribution < 1.29 is 19.0 Å². The van der Waals surface area contributed by atoms with Crippen LogP contribution in [0.25, 0.3) is 0 Å². The molecule has 144 valence electrons. The van der Waals surface area contributed by atoms with Gasteiger partial charge in [0.25, 0.3) is 0 Å². The Morgan fingerprint density at radius 1 is 1.22 bits per heavy atom. The van der Waals surface area contributed by atoms with Crippen molar-refractivity contribution in [1.29, 1.82) is 0 Å². The second-order valence-corrected chi connectivity index (χ2v) is 7.47. The number of nitrogens with one attached hydrogen (secondary N) is 1. The molecule has 1 N–H and O–H groups in total. The van der Waals surface area contributed by atoms with Crippen LogP contribution in [-0.2, 0) is 4.79 Å². The van der Waals surface area contributed by atoms with Crippen LogP contribution in [0.4, 0.5) is 5.69 Å². The minimum absolute atomic E-state index is 0.0715. The van der Waals surface area contributed by atoms with Crippen LogP contribution in [0.5, 0.6) is 17.2 Å². The Morgan fingerprint density at radius 2 is 1.96 bits per heavy atom. The molecular weight excluding hydrogens is 434 g/mol. The number of hydrogen-bond acceptors (Lipinski definition) is 4. The molecule has 0 aliphatic carbocycles.